The molecule has 1 heterocycles. The summed E-state index contributed by atoms with van der Waals surface area (Å²) in [6.07, 6.45) is 0.999. The normalized spacial score (nSPS) is 13.5. The number of hydrogen-bond acceptors (Lipinski definition) is 5. The van der Waals surface area contributed by atoms with Crippen LogP contribution < -0.4 is 15.7 Å². The number of rotatable bonds is 10. The number of carbonyl (C=O) groups is 1. The number of hydrogen-bond donors (Lipinski definition) is 2. The fraction of sp³-hybridized carbons (Fsp3) is 0.609. The summed E-state index contributed by atoms with van der Waals surface area (Å²) >= 11 is 0. The van der Waals surface area contributed by atoms with Gasteiger partial charge >= 0.3 is 5.69 Å². The summed E-state index contributed by atoms with van der Waals surface area (Å²) in [4.78, 5) is 25.6. The van der Waals surface area contributed by atoms with Crippen LogP contribution in [-0.2, 0) is 7.05 Å². The van der Waals surface area contributed by atoms with E-state index in [0.717, 1.165) is 17.2 Å². The van der Waals surface area contributed by atoms with Crippen molar-refractivity contribution in [2.24, 2.45) is 13.0 Å². The quantitative estimate of drug-likeness (QED) is 0.579. The molecule has 2 aromatic rings. The van der Waals surface area contributed by atoms with Crippen LogP contribution >= 0.6 is 0 Å². The smallest absolute Gasteiger partial charge is 0.350 e. The second-order valence-electron chi connectivity index (χ2n) is 8.89. The van der Waals surface area contributed by atoms with Gasteiger partial charge in [0.25, 0.3) is 5.91 Å². The van der Waals surface area contributed by atoms with Crippen molar-refractivity contribution in [1.29, 1.82) is 0 Å². The van der Waals surface area contributed by atoms with Crippen molar-refractivity contribution in [3.8, 4) is 11.4 Å². The average molecular weight is 451 g/mol. The Morgan fingerprint density at radius 3 is 2.41 bits per heavy atom. The largest absolute Gasteiger partial charge is 0.490 e. The lowest BCUT2D eigenvalue weighted by atomic mass is 10.1. The third kappa shape index (κ3) is 5.76. The van der Waals surface area contributed by atoms with Crippen LogP contribution in [0.25, 0.3) is 5.69 Å². The molecule has 0 bridgehead atoms. The van der Waals surface area contributed by atoms with Gasteiger partial charge in [-0.05, 0) is 31.7 Å². The molecular weight excluding hydrogens is 415 g/mol. The van der Waals surface area contributed by atoms with Gasteiger partial charge in [0.05, 0.1) is 24.3 Å². The Morgan fingerprint density at radius 2 is 1.91 bits per heavy atom. The summed E-state index contributed by atoms with van der Waals surface area (Å²) in [5.74, 6) is -0.337. The number of nitrogens with one attached hydrogen (secondary N) is 1. The highest BCUT2D eigenvalue weighted by atomic mass is 19.1. The van der Waals surface area contributed by atoms with Gasteiger partial charge in [0, 0.05) is 19.0 Å². The number of aliphatic hydroxyl groups is 1. The van der Waals surface area contributed by atoms with Gasteiger partial charge in [0.1, 0.15) is 23.1 Å². The second kappa shape index (κ2) is 10.8. The van der Waals surface area contributed by atoms with Crippen molar-refractivity contribution in [3.05, 3.63) is 39.8 Å². The highest BCUT2D eigenvalue weighted by Crippen LogP contribution is 2.28. The maximum absolute atomic E-state index is 15.2. The number of aliphatic hydroxyl groups excluding tert-OH is 1. The summed E-state index contributed by atoms with van der Waals surface area (Å²) in [5, 5.41) is 16.4. The van der Waals surface area contributed by atoms with E-state index in [1.165, 1.54) is 10.6 Å². The predicted octanol–water partition coefficient (Wildman–Crippen LogP) is 3.15. The molecule has 2 rings (SSSR count). The van der Waals surface area contributed by atoms with Gasteiger partial charge in [-0.1, -0.05) is 34.6 Å². The Bertz CT molecular complexity index is 993. The molecule has 1 aromatic heterocycles. The zero-order chi connectivity index (χ0) is 24.2. The Labute approximate surface area is 188 Å². The van der Waals surface area contributed by atoms with Crippen molar-refractivity contribution in [2.45, 2.75) is 72.4 Å². The number of aromatic nitrogens is 3. The molecule has 0 unspecified atom stereocenters. The van der Waals surface area contributed by atoms with E-state index in [-0.39, 0.29) is 35.6 Å². The van der Waals surface area contributed by atoms with E-state index in [1.807, 2.05) is 27.7 Å². The first-order chi connectivity index (χ1) is 15.0. The van der Waals surface area contributed by atoms with Crippen LogP contribution in [0, 0.1) is 11.7 Å². The van der Waals surface area contributed by atoms with Gasteiger partial charge in [0.2, 0.25) is 0 Å². The number of benzene rings is 1. The van der Waals surface area contributed by atoms with Crippen LogP contribution in [0.3, 0.4) is 0 Å². The zero-order valence-electron chi connectivity index (χ0n) is 20.0. The van der Waals surface area contributed by atoms with Crippen LogP contribution in [0.4, 0.5) is 4.39 Å². The lowest BCUT2D eigenvalue weighted by Gasteiger charge is -2.21. The van der Waals surface area contributed by atoms with Gasteiger partial charge in [-0.2, -0.15) is 4.68 Å². The molecule has 2 atom stereocenters. The van der Waals surface area contributed by atoms with Crippen LogP contribution in [0.1, 0.15) is 76.5 Å². The first-order valence-electron chi connectivity index (χ1n) is 11.1. The molecule has 0 radical (unpaired) electrons. The Morgan fingerprint density at radius 1 is 1.25 bits per heavy atom. The number of carbonyl (C=O) groups excluding carboxylic acids is 1. The van der Waals surface area contributed by atoms with Crippen molar-refractivity contribution in [3.63, 3.8) is 0 Å². The molecule has 2 N–H and O–H groups in total. The highest BCUT2D eigenvalue weighted by molar-refractivity contribution is 5.97. The van der Waals surface area contributed by atoms with Crippen LogP contribution in [-0.4, -0.2) is 44.1 Å². The van der Waals surface area contributed by atoms with Gasteiger partial charge < -0.3 is 15.2 Å². The molecule has 0 aliphatic carbocycles. The Balaban J connectivity index is 2.59. The average Bonchev–Trinajstić information content (AvgIpc) is 3.01. The molecule has 0 aliphatic heterocycles. The minimum atomic E-state index is -0.772. The molecule has 1 amide bonds. The van der Waals surface area contributed by atoms with Crippen molar-refractivity contribution < 1.29 is 19.0 Å². The minimum absolute atomic E-state index is 0.00168. The monoisotopic (exact) mass is 450 g/mol. The molecule has 9 heteroatoms. The molecular formula is C23H35FN4O4. The molecule has 0 saturated carbocycles. The van der Waals surface area contributed by atoms with E-state index in [1.54, 1.807) is 7.05 Å². The molecule has 1 aromatic carbocycles. The molecule has 0 aliphatic rings. The van der Waals surface area contributed by atoms with E-state index in [4.69, 9.17) is 4.74 Å². The topological polar surface area (TPSA) is 98.4 Å². The number of ether oxygens (including phenoxy) is 1. The Kier molecular flexibility index (Phi) is 8.60. The molecule has 8 nitrogen and oxygen atoms in total. The third-order valence-electron chi connectivity index (χ3n) is 5.23. The Hall–Kier alpha value is -2.68. The van der Waals surface area contributed by atoms with Crippen LogP contribution in [0.15, 0.2) is 16.9 Å². The summed E-state index contributed by atoms with van der Waals surface area (Å²) in [5.41, 5.74) is -0.575. The molecule has 0 spiro atoms. The maximum atomic E-state index is 15.2. The van der Waals surface area contributed by atoms with Gasteiger partial charge in [-0.15, -0.1) is 5.10 Å². The van der Waals surface area contributed by atoms with E-state index in [0.29, 0.717) is 18.2 Å². The highest BCUT2D eigenvalue weighted by Gasteiger charge is 2.24. The number of halogens is 1. The number of amides is 1. The van der Waals surface area contributed by atoms with Crippen molar-refractivity contribution in [1.82, 2.24) is 19.7 Å². The van der Waals surface area contributed by atoms with Crippen LogP contribution in [0.2, 0.25) is 0 Å². The van der Waals surface area contributed by atoms with Crippen molar-refractivity contribution in [2.75, 3.05) is 6.61 Å². The lowest BCUT2D eigenvalue weighted by Crippen LogP contribution is -2.37. The van der Waals surface area contributed by atoms with Gasteiger partial charge in [0.15, 0.2) is 0 Å². The maximum Gasteiger partial charge on any atom is 0.350 e. The number of nitrogens with zero attached hydrogens (tertiary/aromatic N) is 3. The third-order valence-corrected chi connectivity index (χ3v) is 5.23. The summed E-state index contributed by atoms with van der Waals surface area (Å²) in [6, 6.07) is 1.94. The molecule has 0 saturated heterocycles. The molecule has 32 heavy (non-hydrogen) atoms. The summed E-state index contributed by atoms with van der Waals surface area (Å²) < 4.78 is 23.6. The predicted molar refractivity (Wildman–Crippen MR) is 121 cm³/mol. The fourth-order valence-electron chi connectivity index (χ4n) is 3.56. The second-order valence-corrected chi connectivity index (χ2v) is 8.89. The summed E-state index contributed by atoms with van der Waals surface area (Å²) in [7, 11) is 1.59. The standard InChI is InChI=1S/C23H35FN4O4/c1-8-16(12-29)25-22(30)17-10-18(24)19(11-20(17)32-15(6)9-13(2)3)28-23(31)27(7)21(26-28)14(4)5/h10-11,13-16,29H,8-9,12H2,1-7H3,(H,25,30)/t15-,16+/m0/s1. The van der Waals surface area contributed by atoms with Crippen LogP contribution in [0.5, 0.6) is 5.75 Å². The van der Waals surface area contributed by atoms with E-state index in [9.17, 15) is 14.7 Å². The van der Waals surface area contributed by atoms with E-state index < -0.39 is 23.5 Å². The molecule has 178 valence electrons. The SMILES string of the molecule is CC[C@H](CO)NC(=O)c1cc(F)c(-n2nc(C(C)C)n(C)c2=O)cc1O[C@@H](C)CC(C)C. The zero-order valence-corrected chi connectivity index (χ0v) is 20.0. The van der Waals surface area contributed by atoms with E-state index >= 15 is 4.39 Å². The minimum Gasteiger partial charge on any atom is -0.490 e. The first kappa shape index (κ1) is 25.6. The molecule has 0 fully saturated rings. The first-order valence-corrected chi connectivity index (χ1v) is 11.1. The fourth-order valence-corrected chi connectivity index (χ4v) is 3.56. The van der Waals surface area contributed by atoms with Gasteiger partial charge in [-0.3, -0.25) is 9.36 Å². The lowest BCUT2D eigenvalue weighted by molar-refractivity contribution is 0.0906. The van der Waals surface area contributed by atoms with Gasteiger partial charge in [-0.25, -0.2) is 9.18 Å². The summed E-state index contributed by atoms with van der Waals surface area (Å²) in [6.45, 7) is 11.4. The van der Waals surface area contributed by atoms with E-state index in [2.05, 4.69) is 24.3 Å². The van der Waals surface area contributed by atoms with Crippen molar-refractivity contribution >= 4 is 5.91 Å².